The Labute approximate surface area is 450 Å². The molecule has 404 valence electrons. The van der Waals surface area contributed by atoms with Crippen LogP contribution < -0.4 is 5.46 Å². The number of benzene rings is 4. The van der Waals surface area contributed by atoms with Crippen molar-refractivity contribution < 1.29 is 10.0 Å². The molecule has 0 saturated carbocycles. The summed E-state index contributed by atoms with van der Waals surface area (Å²) in [6.07, 6.45) is 61.8. The molecule has 4 aromatic rings. The highest BCUT2D eigenvalue weighted by atomic mass is 32.1. The van der Waals surface area contributed by atoms with Crippen LogP contribution in [0.4, 0.5) is 0 Å². The van der Waals surface area contributed by atoms with Crippen LogP contribution in [-0.2, 0) is 19.5 Å². The Morgan fingerprint density at radius 3 is 0.861 bits per heavy atom. The first-order valence-electron chi connectivity index (χ1n) is 31.2. The van der Waals surface area contributed by atoms with E-state index in [-0.39, 0.29) is 0 Å². The van der Waals surface area contributed by atoms with Crippen LogP contribution in [0.5, 0.6) is 0 Å². The molecule has 4 rings (SSSR count). The van der Waals surface area contributed by atoms with Gasteiger partial charge in [0.05, 0.1) is 0 Å². The first-order valence-corrected chi connectivity index (χ1v) is 31.9. The maximum Gasteiger partial charge on any atom is 0.488 e. The standard InChI is InChI=1S/C67H110BNO2S/c1-69(58-60-50-43-48-56-67(60)68(70)71)59-66-64-54-46-44-52-62(64)61(63-53-45-47-55-65(63)66)51-42-40-38-36-34-32-30-28-26-24-22-20-18-16-14-12-10-8-6-4-2-3-5-7-9-11-13-15-17-19-21-23-25-27-29-31-33-35-37-39-41-49-57-72/h43-48,50,52-56,70-72H,2-42,49,51,57-59H2,1H3. The Morgan fingerprint density at radius 1 is 0.319 bits per heavy atom. The van der Waals surface area contributed by atoms with Gasteiger partial charge in [-0.3, -0.25) is 4.90 Å². The predicted octanol–water partition coefficient (Wildman–Crippen LogP) is 20.2. The molecule has 72 heavy (non-hydrogen) atoms. The lowest BCUT2D eigenvalue weighted by Gasteiger charge is -2.23. The van der Waals surface area contributed by atoms with Gasteiger partial charge in [0.2, 0.25) is 0 Å². The summed E-state index contributed by atoms with van der Waals surface area (Å²) in [5, 5.41) is 25.3. The average molecular weight is 1000 g/mol. The second-order valence-electron chi connectivity index (χ2n) is 22.6. The van der Waals surface area contributed by atoms with Crippen LogP contribution in [0, 0.1) is 0 Å². The lowest BCUT2D eigenvalue weighted by Crippen LogP contribution is -2.35. The molecule has 0 unspecified atom stereocenters. The summed E-state index contributed by atoms with van der Waals surface area (Å²) in [6, 6.07) is 25.6. The van der Waals surface area contributed by atoms with Crippen LogP contribution >= 0.6 is 12.6 Å². The molecule has 0 aliphatic carbocycles. The van der Waals surface area contributed by atoms with Gasteiger partial charge in [-0.1, -0.05) is 330 Å². The summed E-state index contributed by atoms with van der Waals surface area (Å²) >= 11 is 4.31. The summed E-state index contributed by atoms with van der Waals surface area (Å²) in [4.78, 5) is 2.29. The first kappa shape index (κ1) is 62.2. The third-order valence-electron chi connectivity index (χ3n) is 16.2. The van der Waals surface area contributed by atoms with E-state index in [4.69, 9.17) is 0 Å². The van der Waals surface area contributed by atoms with Crippen molar-refractivity contribution in [3.8, 4) is 0 Å². The number of aryl methyl sites for hydroxylation is 1. The molecule has 2 N–H and O–H groups in total. The highest BCUT2D eigenvalue weighted by Crippen LogP contribution is 2.35. The van der Waals surface area contributed by atoms with Crippen molar-refractivity contribution in [2.45, 2.75) is 289 Å². The summed E-state index contributed by atoms with van der Waals surface area (Å²) < 4.78 is 0. The van der Waals surface area contributed by atoms with Crippen molar-refractivity contribution in [3.63, 3.8) is 0 Å². The molecule has 0 spiro atoms. The molecular weight excluding hydrogens is 894 g/mol. The van der Waals surface area contributed by atoms with E-state index in [9.17, 15) is 10.0 Å². The van der Waals surface area contributed by atoms with Crippen molar-refractivity contribution in [2.75, 3.05) is 12.8 Å². The molecule has 0 aromatic heterocycles. The maximum atomic E-state index is 9.94. The van der Waals surface area contributed by atoms with Gasteiger partial charge >= 0.3 is 7.12 Å². The Balaban J connectivity index is 0.864. The molecule has 3 nitrogen and oxygen atoms in total. The van der Waals surface area contributed by atoms with Gasteiger partial charge in [-0.05, 0) is 75.8 Å². The molecule has 0 heterocycles. The number of rotatable bonds is 49. The number of fused-ring (bicyclic) bond motifs is 2. The van der Waals surface area contributed by atoms with E-state index in [2.05, 4.69) is 73.1 Å². The quantitative estimate of drug-likeness (QED) is 0.0179. The summed E-state index contributed by atoms with van der Waals surface area (Å²) in [7, 11) is 0.669. The van der Waals surface area contributed by atoms with Crippen LogP contribution in [0.15, 0.2) is 72.8 Å². The average Bonchev–Trinajstić information content (AvgIpc) is 3.39. The van der Waals surface area contributed by atoms with Gasteiger partial charge in [0, 0.05) is 13.1 Å². The Bertz CT molecular complexity index is 1820. The lowest BCUT2D eigenvalue weighted by atomic mass is 9.77. The van der Waals surface area contributed by atoms with Crippen molar-refractivity contribution in [3.05, 3.63) is 89.5 Å². The van der Waals surface area contributed by atoms with E-state index in [1.807, 2.05) is 18.2 Å². The van der Waals surface area contributed by atoms with Crippen LogP contribution in [0.1, 0.15) is 286 Å². The van der Waals surface area contributed by atoms with Crippen LogP contribution in [0.25, 0.3) is 21.5 Å². The van der Waals surface area contributed by atoms with Crippen molar-refractivity contribution in [2.24, 2.45) is 0 Å². The zero-order chi connectivity index (χ0) is 50.8. The lowest BCUT2D eigenvalue weighted by molar-refractivity contribution is 0.321. The molecule has 0 saturated heterocycles. The Kier molecular flexibility index (Phi) is 37.1. The fraction of sp³-hybridized carbons (Fsp3) is 0.701. The Hall–Kier alpha value is -2.31. The smallest absolute Gasteiger partial charge is 0.423 e. The number of hydrogen-bond donors (Lipinski definition) is 3. The largest absolute Gasteiger partial charge is 0.488 e. The molecule has 0 fully saturated rings. The topological polar surface area (TPSA) is 43.7 Å². The molecule has 0 atom stereocenters. The highest BCUT2D eigenvalue weighted by molar-refractivity contribution is 7.80. The van der Waals surface area contributed by atoms with E-state index in [1.54, 1.807) is 6.07 Å². The van der Waals surface area contributed by atoms with Gasteiger partial charge in [0.1, 0.15) is 0 Å². The zero-order valence-electron chi connectivity index (χ0n) is 46.8. The molecule has 0 aliphatic heterocycles. The third-order valence-corrected chi connectivity index (χ3v) is 16.5. The number of nitrogens with zero attached hydrogens (tertiary/aromatic N) is 1. The van der Waals surface area contributed by atoms with Crippen molar-refractivity contribution >= 4 is 46.8 Å². The molecule has 4 aromatic carbocycles. The van der Waals surface area contributed by atoms with Crippen molar-refractivity contribution in [1.29, 1.82) is 0 Å². The van der Waals surface area contributed by atoms with Crippen LogP contribution in [0.3, 0.4) is 0 Å². The number of unbranched alkanes of at least 4 members (excludes halogenated alkanes) is 41. The van der Waals surface area contributed by atoms with E-state index in [1.165, 1.54) is 302 Å². The fourth-order valence-corrected chi connectivity index (χ4v) is 12.0. The first-order chi connectivity index (χ1) is 35.6. The molecule has 0 radical (unpaired) electrons. The minimum Gasteiger partial charge on any atom is -0.423 e. The molecular formula is C67H110BNO2S. The van der Waals surface area contributed by atoms with E-state index in [0.717, 1.165) is 24.3 Å². The zero-order valence-corrected chi connectivity index (χ0v) is 47.7. The molecule has 5 heteroatoms. The van der Waals surface area contributed by atoms with Crippen molar-refractivity contribution in [1.82, 2.24) is 4.90 Å². The van der Waals surface area contributed by atoms with Crippen LogP contribution in [-0.4, -0.2) is 34.9 Å². The van der Waals surface area contributed by atoms with Gasteiger partial charge in [0.25, 0.3) is 0 Å². The second-order valence-corrected chi connectivity index (χ2v) is 23.1. The third kappa shape index (κ3) is 28.0. The van der Waals surface area contributed by atoms with Gasteiger partial charge in [-0.25, -0.2) is 0 Å². The Morgan fingerprint density at radius 2 is 0.569 bits per heavy atom. The van der Waals surface area contributed by atoms with Gasteiger partial charge in [-0.2, -0.15) is 12.6 Å². The minimum atomic E-state index is -1.46. The normalized spacial score (nSPS) is 11.8. The van der Waals surface area contributed by atoms with Gasteiger partial charge in [0.15, 0.2) is 0 Å². The second kappa shape index (κ2) is 42.9. The van der Waals surface area contributed by atoms with Gasteiger partial charge in [-0.15, -0.1) is 0 Å². The summed E-state index contributed by atoms with van der Waals surface area (Å²) in [6.45, 7) is 1.44. The van der Waals surface area contributed by atoms with Crippen LogP contribution in [0.2, 0.25) is 0 Å². The monoisotopic (exact) mass is 1000 g/mol. The summed E-state index contributed by atoms with van der Waals surface area (Å²) in [5.41, 5.74) is 4.38. The highest BCUT2D eigenvalue weighted by Gasteiger charge is 2.19. The molecule has 0 bridgehead atoms. The fourth-order valence-electron chi connectivity index (χ4n) is 11.8. The SMILES string of the molecule is CN(Cc1ccccc1B(O)O)Cc1c2ccccc2c(CCCCCCCCCCCCCCCCCCCCCCCCCCCCCCCCCCCCCCCCCCCCS)c2ccccc12. The number of thiol groups is 1. The predicted molar refractivity (Wildman–Crippen MR) is 324 cm³/mol. The maximum absolute atomic E-state index is 9.94. The summed E-state index contributed by atoms with van der Waals surface area (Å²) in [5.74, 6) is 1.06. The van der Waals surface area contributed by atoms with E-state index in [0.29, 0.717) is 12.0 Å². The molecule has 0 amide bonds. The van der Waals surface area contributed by atoms with Gasteiger partial charge < -0.3 is 10.0 Å². The van der Waals surface area contributed by atoms with E-state index < -0.39 is 7.12 Å². The molecule has 0 aliphatic rings. The minimum absolute atomic E-state index is 0.580. The van der Waals surface area contributed by atoms with E-state index >= 15 is 0 Å². The number of hydrogen-bond acceptors (Lipinski definition) is 4.